The molecule has 0 saturated carbocycles. The van der Waals surface area contributed by atoms with E-state index in [1.807, 2.05) is 34.3 Å². The van der Waals surface area contributed by atoms with Crippen molar-refractivity contribution in [2.24, 2.45) is 0 Å². The number of hydrogen-bond donors (Lipinski definition) is 1. The lowest BCUT2D eigenvalue weighted by atomic mass is 10.1. The van der Waals surface area contributed by atoms with E-state index in [2.05, 4.69) is 29.4 Å². The zero-order valence-electron chi connectivity index (χ0n) is 15.5. The highest BCUT2D eigenvalue weighted by atomic mass is 32.1. The van der Waals surface area contributed by atoms with Crippen molar-refractivity contribution in [2.45, 2.75) is 26.4 Å². The molecule has 28 heavy (non-hydrogen) atoms. The molecule has 7 heteroatoms. The molecular formula is C21H20N2O3S2. The van der Waals surface area contributed by atoms with Crippen LogP contribution in [0.3, 0.4) is 0 Å². The molecule has 0 aliphatic rings. The van der Waals surface area contributed by atoms with Gasteiger partial charge in [0.2, 0.25) is 0 Å². The minimum Gasteiger partial charge on any atom is -0.449 e. The van der Waals surface area contributed by atoms with Gasteiger partial charge in [0.1, 0.15) is 0 Å². The number of aryl methyl sites for hydroxylation is 1. The van der Waals surface area contributed by atoms with Crippen molar-refractivity contribution in [3.05, 3.63) is 63.7 Å². The molecule has 1 amide bonds. The lowest BCUT2D eigenvalue weighted by molar-refractivity contribution is -0.148. The van der Waals surface area contributed by atoms with Crippen molar-refractivity contribution in [3.8, 4) is 11.3 Å². The molecule has 2 heterocycles. The minimum atomic E-state index is -0.921. The SMILES string of the molecule is CCc1ccc(-c2csc(NC(=O)[C@@H](C)OC(=O)/C=C/c3ccsc3)n2)cc1. The molecule has 1 atom stereocenters. The van der Waals surface area contributed by atoms with E-state index in [0.29, 0.717) is 5.13 Å². The van der Waals surface area contributed by atoms with Gasteiger partial charge in [-0.2, -0.15) is 11.3 Å². The van der Waals surface area contributed by atoms with Crippen molar-refractivity contribution >= 4 is 45.8 Å². The lowest BCUT2D eigenvalue weighted by Gasteiger charge is -2.10. The van der Waals surface area contributed by atoms with E-state index in [0.717, 1.165) is 23.2 Å². The summed E-state index contributed by atoms with van der Waals surface area (Å²) in [6, 6.07) is 10.1. The number of amides is 1. The first-order valence-electron chi connectivity index (χ1n) is 8.81. The van der Waals surface area contributed by atoms with Crippen molar-refractivity contribution < 1.29 is 14.3 Å². The van der Waals surface area contributed by atoms with Crippen LogP contribution in [0.1, 0.15) is 25.0 Å². The fraction of sp³-hybridized carbons (Fsp3) is 0.190. The first-order valence-corrected chi connectivity index (χ1v) is 10.6. The van der Waals surface area contributed by atoms with Gasteiger partial charge in [-0.3, -0.25) is 10.1 Å². The Labute approximate surface area is 171 Å². The molecule has 1 N–H and O–H groups in total. The second kappa shape index (κ2) is 9.43. The van der Waals surface area contributed by atoms with E-state index in [1.54, 1.807) is 17.4 Å². The Balaban J connectivity index is 1.55. The number of esters is 1. The average molecular weight is 413 g/mol. The van der Waals surface area contributed by atoms with E-state index in [1.165, 1.54) is 29.9 Å². The van der Waals surface area contributed by atoms with Crippen LogP contribution in [0, 0.1) is 0 Å². The Morgan fingerprint density at radius 3 is 2.68 bits per heavy atom. The monoisotopic (exact) mass is 412 g/mol. The van der Waals surface area contributed by atoms with Crippen LogP contribution in [-0.4, -0.2) is 23.0 Å². The summed E-state index contributed by atoms with van der Waals surface area (Å²) >= 11 is 2.87. The lowest BCUT2D eigenvalue weighted by Crippen LogP contribution is -2.29. The number of anilines is 1. The van der Waals surface area contributed by atoms with Crippen molar-refractivity contribution in [1.29, 1.82) is 0 Å². The van der Waals surface area contributed by atoms with Crippen LogP contribution in [0.15, 0.2) is 52.5 Å². The van der Waals surface area contributed by atoms with Crippen LogP contribution in [0.25, 0.3) is 17.3 Å². The van der Waals surface area contributed by atoms with Gasteiger partial charge in [0.15, 0.2) is 11.2 Å². The Morgan fingerprint density at radius 1 is 1.21 bits per heavy atom. The Morgan fingerprint density at radius 2 is 2.00 bits per heavy atom. The van der Waals surface area contributed by atoms with Gasteiger partial charge in [-0.1, -0.05) is 31.2 Å². The molecule has 0 saturated heterocycles. The van der Waals surface area contributed by atoms with Gasteiger partial charge in [-0.05, 0) is 47.4 Å². The largest absolute Gasteiger partial charge is 0.449 e. The predicted molar refractivity (Wildman–Crippen MR) is 114 cm³/mol. The second-order valence-electron chi connectivity index (χ2n) is 6.05. The van der Waals surface area contributed by atoms with E-state index < -0.39 is 18.0 Å². The van der Waals surface area contributed by atoms with E-state index >= 15 is 0 Å². The highest BCUT2D eigenvalue weighted by molar-refractivity contribution is 7.14. The fourth-order valence-electron chi connectivity index (χ4n) is 2.38. The van der Waals surface area contributed by atoms with E-state index in [9.17, 15) is 9.59 Å². The molecule has 3 aromatic rings. The highest BCUT2D eigenvalue weighted by Gasteiger charge is 2.18. The molecule has 0 fully saturated rings. The quantitative estimate of drug-likeness (QED) is 0.437. The highest BCUT2D eigenvalue weighted by Crippen LogP contribution is 2.25. The molecule has 0 spiro atoms. The molecule has 3 rings (SSSR count). The zero-order valence-corrected chi connectivity index (χ0v) is 17.2. The smallest absolute Gasteiger partial charge is 0.331 e. The molecule has 0 radical (unpaired) electrons. The van der Waals surface area contributed by atoms with Crippen molar-refractivity contribution in [1.82, 2.24) is 4.98 Å². The van der Waals surface area contributed by atoms with Gasteiger partial charge in [0.05, 0.1) is 5.69 Å². The summed E-state index contributed by atoms with van der Waals surface area (Å²) in [4.78, 5) is 28.6. The van der Waals surface area contributed by atoms with Crippen LogP contribution in [-0.2, 0) is 20.7 Å². The number of ether oxygens (including phenoxy) is 1. The summed E-state index contributed by atoms with van der Waals surface area (Å²) in [6.45, 7) is 3.64. The third kappa shape index (κ3) is 5.37. The Bertz CT molecular complexity index is 960. The zero-order chi connectivity index (χ0) is 19.9. The summed E-state index contributed by atoms with van der Waals surface area (Å²) < 4.78 is 5.14. The fourth-order valence-corrected chi connectivity index (χ4v) is 3.73. The maximum Gasteiger partial charge on any atom is 0.331 e. The van der Waals surface area contributed by atoms with Gasteiger partial charge in [0.25, 0.3) is 5.91 Å². The molecule has 0 bridgehead atoms. The molecule has 0 aliphatic heterocycles. The number of aromatic nitrogens is 1. The van der Waals surface area contributed by atoms with Gasteiger partial charge in [-0.15, -0.1) is 11.3 Å². The van der Waals surface area contributed by atoms with Crippen LogP contribution < -0.4 is 5.32 Å². The van der Waals surface area contributed by atoms with E-state index in [4.69, 9.17) is 4.74 Å². The third-order valence-electron chi connectivity index (χ3n) is 4.01. The number of rotatable bonds is 7. The Hall–Kier alpha value is -2.77. The normalized spacial score (nSPS) is 12.1. The Kier molecular flexibility index (Phi) is 6.73. The van der Waals surface area contributed by atoms with Crippen molar-refractivity contribution in [2.75, 3.05) is 5.32 Å². The van der Waals surface area contributed by atoms with Gasteiger partial charge >= 0.3 is 5.97 Å². The predicted octanol–water partition coefficient (Wildman–Crippen LogP) is 5.02. The van der Waals surface area contributed by atoms with Crippen molar-refractivity contribution in [3.63, 3.8) is 0 Å². The van der Waals surface area contributed by atoms with Crippen LogP contribution in [0.4, 0.5) is 5.13 Å². The second-order valence-corrected chi connectivity index (χ2v) is 7.68. The third-order valence-corrected chi connectivity index (χ3v) is 5.47. The molecular weight excluding hydrogens is 392 g/mol. The molecule has 5 nitrogen and oxygen atoms in total. The number of benzene rings is 1. The molecule has 1 aromatic carbocycles. The summed E-state index contributed by atoms with van der Waals surface area (Å²) in [5.41, 5.74) is 3.97. The number of hydrogen-bond acceptors (Lipinski definition) is 6. The summed E-state index contributed by atoms with van der Waals surface area (Å²) in [5, 5.41) is 8.88. The summed E-state index contributed by atoms with van der Waals surface area (Å²) in [5.74, 6) is -0.982. The van der Waals surface area contributed by atoms with Gasteiger partial charge in [-0.25, -0.2) is 9.78 Å². The van der Waals surface area contributed by atoms with Crippen LogP contribution in [0.5, 0.6) is 0 Å². The standard InChI is InChI=1S/C21H20N2O3S2/c1-3-15-4-7-17(8-5-15)18-13-28-21(22-18)23-20(25)14(2)26-19(24)9-6-16-10-11-27-12-16/h4-14H,3H2,1-2H3,(H,22,23,25)/b9-6+/t14-/m1/s1. The maximum atomic E-state index is 12.3. The van der Waals surface area contributed by atoms with Gasteiger partial charge in [0, 0.05) is 17.0 Å². The number of carbonyl (C=O) groups excluding carboxylic acids is 2. The van der Waals surface area contributed by atoms with Crippen LogP contribution >= 0.6 is 22.7 Å². The minimum absolute atomic E-state index is 0.417. The number of thiophene rings is 1. The first kappa shape index (κ1) is 20.0. The molecule has 0 aliphatic carbocycles. The number of carbonyl (C=O) groups is 2. The molecule has 2 aromatic heterocycles. The summed E-state index contributed by atoms with van der Waals surface area (Å²) in [7, 11) is 0. The number of thiazole rings is 1. The average Bonchev–Trinajstić information content (AvgIpc) is 3.38. The molecule has 144 valence electrons. The van der Waals surface area contributed by atoms with Gasteiger partial charge < -0.3 is 4.74 Å². The number of nitrogens with zero attached hydrogens (tertiary/aromatic N) is 1. The summed E-state index contributed by atoms with van der Waals surface area (Å²) in [6.07, 6.45) is 3.03. The first-order chi connectivity index (χ1) is 13.5. The molecule has 0 unspecified atom stereocenters. The van der Waals surface area contributed by atoms with E-state index in [-0.39, 0.29) is 0 Å². The van der Waals surface area contributed by atoms with Crippen LogP contribution in [0.2, 0.25) is 0 Å². The maximum absolute atomic E-state index is 12.3. The topological polar surface area (TPSA) is 68.3 Å². The number of nitrogens with one attached hydrogen (secondary N) is 1.